The number of fused-ring (bicyclic) bond motifs is 3. The molecule has 3 rings (SSSR count). The van der Waals surface area contributed by atoms with Crippen LogP contribution in [0.4, 0.5) is 0 Å². The van der Waals surface area contributed by atoms with Gasteiger partial charge in [-0.3, -0.25) is 0 Å². The van der Waals surface area contributed by atoms with Crippen LogP contribution in [0.3, 0.4) is 0 Å². The third kappa shape index (κ3) is 2.45. The molecule has 0 heterocycles. The number of hydrogen-bond donors (Lipinski definition) is 2. The molecular weight excluding hydrogens is 276 g/mol. The van der Waals surface area contributed by atoms with Crippen molar-refractivity contribution >= 4 is 5.97 Å². The van der Waals surface area contributed by atoms with Crippen molar-refractivity contribution in [2.45, 2.75) is 69.8 Å². The van der Waals surface area contributed by atoms with Gasteiger partial charge in [-0.05, 0) is 86.5 Å². The van der Waals surface area contributed by atoms with Crippen LogP contribution in [0.25, 0.3) is 0 Å². The first-order chi connectivity index (χ1) is 10.4. The summed E-state index contributed by atoms with van der Waals surface area (Å²) in [6.07, 6.45) is 6.92. The third-order valence-electron chi connectivity index (χ3n) is 6.10. The van der Waals surface area contributed by atoms with Crippen molar-refractivity contribution in [3.8, 4) is 0 Å². The van der Waals surface area contributed by atoms with E-state index in [2.05, 4.69) is 13.0 Å². The van der Waals surface area contributed by atoms with Gasteiger partial charge < -0.3 is 10.2 Å². The van der Waals surface area contributed by atoms with E-state index in [0.717, 1.165) is 44.9 Å². The lowest BCUT2D eigenvalue weighted by molar-refractivity contribution is -0.0340. The highest BCUT2D eigenvalue weighted by molar-refractivity contribution is 5.88. The zero-order valence-corrected chi connectivity index (χ0v) is 13.6. The van der Waals surface area contributed by atoms with E-state index in [9.17, 15) is 15.0 Å². The summed E-state index contributed by atoms with van der Waals surface area (Å²) in [4.78, 5) is 11.3. The van der Waals surface area contributed by atoms with Crippen LogP contribution in [0.15, 0.2) is 18.2 Å². The van der Waals surface area contributed by atoms with Crippen molar-refractivity contribution in [2.24, 2.45) is 5.92 Å². The summed E-state index contributed by atoms with van der Waals surface area (Å²) in [5.41, 5.74) is 2.52. The Morgan fingerprint density at radius 3 is 2.82 bits per heavy atom. The second-order valence-corrected chi connectivity index (χ2v) is 7.48. The van der Waals surface area contributed by atoms with Crippen LogP contribution in [0.5, 0.6) is 0 Å². The van der Waals surface area contributed by atoms with Gasteiger partial charge in [-0.15, -0.1) is 0 Å². The molecule has 3 nitrogen and oxygen atoms in total. The van der Waals surface area contributed by atoms with E-state index >= 15 is 0 Å². The first-order valence-corrected chi connectivity index (χ1v) is 8.47. The van der Waals surface area contributed by atoms with Gasteiger partial charge in [0.05, 0.1) is 11.2 Å². The SMILES string of the molecule is CC[C@@]12CC[C@@](C)(O)C[C@@H]1CCCc1cc(C(=O)O)ccc12. The maximum atomic E-state index is 11.3. The number of carbonyl (C=O) groups is 1. The van der Waals surface area contributed by atoms with E-state index in [1.54, 1.807) is 6.07 Å². The predicted octanol–water partition coefficient (Wildman–Crippen LogP) is 3.92. The number of rotatable bonds is 2. The van der Waals surface area contributed by atoms with Crippen molar-refractivity contribution in [3.05, 3.63) is 34.9 Å². The van der Waals surface area contributed by atoms with Crippen LogP contribution in [-0.4, -0.2) is 21.8 Å². The molecule has 0 amide bonds. The first-order valence-electron chi connectivity index (χ1n) is 8.47. The fourth-order valence-corrected chi connectivity index (χ4v) is 4.87. The molecular formula is C19H26O3. The molecule has 2 aliphatic rings. The van der Waals surface area contributed by atoms with Gasteiger partial charge in [0.2, 0.25) is 0 Å². The lowest BCUT2D eigenvalue weighted by Crippen LogP contribution is -2.46. The van der Waals surface area contributed by atoms with Gasteiger partial charge >= 0.3 is 5.97 Å². The normalized spacial score (nSPS) is 34.4. The average molecular weight is 302 g/mol. The predicted molar refractivity (Wildman–Crippen MR) is 86.3 cm³/mol. The molecule has 22 heavy (non-hydrogen) atoms. The third-order valence-corrected chi connectivity index (χ3v) is 6.10. The van der Waals surface area contributed by atoms with Gasteiger partial charge in [0, 0.05) is 0 Å². The highest BCUT2D eigenvalue weighted by Gasteiger charge is 2.48. The van der Waals surface area contributed by atoms with Crippen molar-refractivity contribution in [3.63, 3.8) is 0 Å². The van der Waals surface area contributed by atoms with E-state index in [4.69, 9.17) is 0 Å². The van der Waals surface area contributed by atoms with Crippen LogP contribution in [0.1, 0.15) is 73.9 Å². The standard InChI is InChI=1S/C19H26O3/c1-3-19-10-9-18(2,22)12-15(19)6-4-5-13-11-14(17(20)21)7-8-16(13)19/h7-8,11,15,22H,3-6,9-10,12H2,1-2H3,(H,20,21)/t15-,18+,19+/m0/s1. The van der Waals surface area contributed by atoms with E-state index in [1.165, 1.54) is 11.1 Å². The Morgan fingerprint density at radius 2 is 2.14 bits per heavy atom. The number of carboxylic acids is 1. The molecule has 0 radical (unpaired) electrons. The molecule has 1 aromatic carbocycles. The van der Waals surface area contributed by atoms with Crippen molar-refractivity contribution < 1.29 is 15.0 Å². The van der Waals surface area contributed by atoms with Crippen LogP contribution in [0.2, 0.25) is 0 Å². The zero-order chi connectivity index (χ0) is 16.0. The average Bonchev–Trinajstić information content (AvgIpc) is 2.62. The summed E-state index contributed by atoms with van der Waals surface area (Å²) < 4.78 is 0. The Hall–Kier alpha value is -1.35. The smallest absolute Gasteiger partial charge is 0.335 e. The molecule has 0 aliphatic heterocycles. The van der Waals surface area contributed by atoms with E-state index in [1.807, 2.05) is 13.0 Å². The molecule has 0 unspecified atom stereocenters. The fraction of sp³-hybridized carbons (Fsp3) is 0.632. The summed E-state index contributed by atoms with van der Waals surface area (Å²) in [5, 5.41) is 19.7. The van der Waals surface area contributed by atoms with Gasteiger partial charge in [0.15, 0.2) is 0 Å². The molecule has 3 atom stereocenters. The second kappa shape index (κ2) is 5.38. The highest BCUT2D eigenvalue weighted by atomic mass is 16.4. The number of benzene rings is 1. The van der Waals surface area contributed by atoms with Gasteiger partial charge in [0.25, 0.3) is 0 Å². The fourth-order valence-electron chi connectivity index (χ4n) is 4.87. The Bertz CT molecular complexity index is 590. The molecule has 0 aromatic heterocycles. The van der Waals surface area contributed by atoms with Crippen molar-refractivity contribution in [1.29, 1.82) is 0 Å². The minimum atomic E-state index is -0.847. The summed E-state index contributed by atoms with van der Waals surface area (Å²) in [6, 6.07) is 5.69. The number of aromatic carboxylic acids is 1. The maximum absolute atomic E-state index is 11.3. The molecule has 1 fully saturated rings. The summed E-state index contributed by atoms with van der Waals surface area (Å²) >= 11 is 0. The minimum Gasteiger partial charge on any atom is -0.478 e. The molecule has 1 saturated carbocycles. The summed E-state index contributed by atoms with van der Waals surface area (Å²) in [7, 11) is 0. The zero-order valence-electron chi connectivity index (χ0n) is 13.6. The van der Waals surface area contributed by atoms with Gasteiger partial charge in [0.1, 0.15) is 0 Å². The highest BCUT2D eigenvalue weighted by Crippen LogP contribution is 2.53. The van der Waals surface area contributed by atoms with Crippen LogP contribution < -0.4 is 0 Å². The Kier molecular flexibility index (Phi) is 3.80. The van der Waals surface area contributed by atoms with Crippen molar-refractivity contribution in [1.82, 2.24) is 0 Å². The van der Waals surface area contributed by atoms with Crippen LogP contribution >= 0.6 is 0 Å². The lowest BCUT2D eigenvalue weighted by atomic mass is 9.57. The van der Waals surface area contributed by atoms with Gasteiger partial charge in [-0.1, -0.05) is 13.0 Å². The van der Waals surface area contributed by atoms with Gasteiger partial charge in [-0.2, -0.15) is 0 Å². The second-order valence-electron chi connectivity index (χ2n) is 7.48. The maximum Gasteiger partial charge on any atom is 0.335 e. The summed E-state index contributed by atoms with van der Waals surface area (Å²) in [5.74, 6) is -0.348. The Balaban J connectivity index is 2.08. The Morgan fingerprint density at radius 1 is 1.36 bits per heavy atom. The lowest BCUT2D eigenvalue weighted by Gasteiger charge is -2.49. The largest absolute Gasteiger partial charge is 0.478 e. The molecule has 1 aromatic rings. The molecule has 2 aliphatic carbocycles. The van der Waals surface area contributed by atoms with E-state index in [0.29, 0.717) is 11.5 Å². The number of carboxylic acid groups (broad SMARTS) is 1. The molecule has 120 valence electrons. The minimum absolute atomic E-state index is 0.116. The number of aryl methyl sites for hydroxylation is 1. The van der Waals surface area contributed by atoms with Crippen LogP contribution in [-0.2, 0) is 11.8 Å². The first kappa shape index (κ1) is 15.5. The quantitative estimate of drug-likeness (QED) is 0.870. The van der Waals surface area contributed by atoms with E-state index in [-0.39, 0.29) is 5.41 Å². The van der Waals surface area contributed by atoms with Crippen molar-refractivity contribution in [2.75, 3.05) is 0 Å². The monoisotopic (exact) mass is 302 g/mol. The molecule has 2 N–H and O–H groups in total. The molecule has 3 heteroatoms. The molecule has 0 saturated heterocycles. The van der Waals surface area contributed by atoms with E-state index < -0.39 is 11.6 Å². The molecule has 0 spiro atoms. The number of aliphatic hydroxyl groups is 1. The van der Waals surface area contributed by atoms with Crippen LogP contribution in [0, 0.1) is 5.92 Å². The summed E-state index contributed by atoms with van der Waals surface area (Å²) in [6.45, 7) is 4.21. The Labute approximate surface area is 132 Å². The molecule has 0 bridgehead atoms. The topological polar surface area (TPSA) is 57.5 Å². The number of hydrogen-bond acceptors (Lipinski definition) is 2. The van der Waals surface area contributed by atoms with Gasteiger partial charge in [-0.25, -0.2) is 4.79 Å².